The lowest BCUT2D eigenvalue weighted by molar-refractivity contribution is 0.578. The van der Waals surface area contributed by atoms with Gasteiger partial charge in [0.1, 0.15) is 0 Å². The molecule has 0 unspecified atom stereocenters. The third-order valence-electron chi connectivity index (χ3n) is 5.59. The zero-order chi connectivity index (χ0) is 19.5. The molecule has 0 bridgehead atoms. The Morgan fingerprint density at radius 2 is 1.64 bits per heavy atom. The van der Waals surface area contributed by atoms with Crippen LogP contribution in [0.2, 0.25) is 0 Å². The lowest BCUT2D eigenvalue weighted by atomic mass is 10.0. The van der Waals surface area contributed by atoms with E-state index in [9.17, 15) is 0 Å². The molecule has 1 fully saturated rings. The Bertz CT molecular complexity index is 974. The second-order valence-electron chi connectivity index (χ2n) is 7.67. The lowest BCUT2D eigenvalue weighted by Gasteiger charge is -2.29. The quantitative estimate of drug-likeness (QED) is 0.578. The molecule has 4 nitrogen and oxygen atoms in total. The van der Waals surface area contributed by atoms with Crippen molar-refractivity contribution in [3.05, 3.63) is 65.9 Å². The van der Waals surface area contributed by atoms with Crippen molar-refractivity contribution in [3.8, 4) is 11.3 Å². The van der Waals surface area contributed by atoms with E-state index in [1.165, 1.54) is 36.1 Å². The Morgan fingerprint density at radius 3 is 2.43 bits per heavy atom. The Balaban J connectivity index is 1.62. The van der Waals surface area contributed by atoms with E-state index in [1.54, 1.807) is 0 Å². The van der Waals surface area contributed by atoms with Crippen LogP contribution in [0.4, 0.5) is 22.7 Å². The molecular formula is C24H28N4. The van der Waals surface area contributed by atoms with Gasteiger partial charge in [-0.15, -0.1) is 0 Å². The van der Waals surface area contributed by atoms with Gasteiger partial charge in [-0.1, -0.05) is 6.07 Å². The van der Waals surface area contributed by atoms with E-state index in [-0.39, 0.29) is 0 Å². The van der Waals surface area contributed by atoms with Crippen molar-refractivity contribution < 1.29 is 0 Å². The summed E-state index contributed by atoms with van der Waals surface area (Å²) in [5.74, 6) is 0. The van der Waals surface area contributed by atoms with Gasteiger partial charge in [-0.05, 0) is 86.7 Å². The number of nitrogens with two attached hydrogens (primary N) is 1. The van der Waals surface area contributed by atoms with E-state index in [2.05, 4.69) is 65.4 Å². The summed E-state index contributed by atoms with van der Waals surface area (Å²) in [5.41, 5.74) is 14.9. The topological polar surface area (TPSA) is 54.2 Å². The Labute approximate surface area is 167 Å². The van der Waals surface area contributed by atoms with Crippen LogP contribution in [0.15, 0.2) is 54.7 Å². The molecule has 0 aliphatic carbocycles. The number of anilines is 4. The highest BCUT2D eigenvalue weighted by Crippen LogP contribution is 2.32. The van der Waals surface area contributed by atoms with Crippen LogP contribution in [0.3, 0.4) is 0 Å². The zero-order valence-corrected chi connectivity index (χ0v) is 16.7. The van der Waals surface area contributed by atoms with Crippen LogP contribution < -0.4 is 16.0 Å². The lowest BCUT2D eigenvalue weighted by Crippen LogP contribution is -2.29. The van der Waals surface area contributed by atoms with Gasteiger partial charge in [0.15, 0.2) is 0 Å². The predicted molar refractivity (Wildman–Crippen MR) is 119 cm³/mol. The number of nitrogen functional groups attached to an aromatic ring is 1. The van der Waals surface area contributed by atoms with E-state index in [0.717, 1.165) is 41.4 Å². The largest absolute Gasteiger partial charge is 0.398 e. The number of aryl methyl sites for hydroxylation is 2. The van der Waals surface area contributed by atoms with Crippen LogP contribution in [0, 0.1) is 13.8 Å². The Hall–Kier alpha value is -3.01. The molecule has 0 radical (unpaired) electrons. The number of nitrogens with zero attached hydrogens (tertiary/aromatic N) is 2. The summed E-state index contributed by atoms with van der Waals surface area (Å²) < 4.78 is 0. The first-order chi connectivity index (χ1) is 13.6. The van der Waals surface area contributed by atoms with Gasteiger partial charge in [-0.25, -0.2) is 0 Å². The summed E-state index contributed by atoms with van der Waals surface area (Å²) in [6.45, 7) is 6.49. The molecule has 1 aliphatic heterocycles. The molecule has 3 aromatic rings. The van der Waals surface area contributed by atoms with Crippen molar-refractivity contribution in [2.24, 2.45) is 0 Å². The third-order valence-corrected chi connectivity index (χ3v) is 5.59. The number of benzene rings is 2. The van der Waals surface area contributed by atoms with E-state index < -0.39 is 0 Å². The highest BCUT2D eigenvalue weighted by molar-refractivity contribution is 5.80. The molecule has 4 rings (SSSR count). The smallest absolute Gasteiger partial charge is 0.0744 e. The first kappa shape index (κ1) is 18.4. The third kappa shape index (κ3) is 3.96. The average molecular weight is 373 g/mol. The number of piperidine rings is 1. The molecule has 2 heterocycles. The molecular weight excluding hydrogens is 344 g/mol. The number of rotatable bonds is 4. The predicted octanol–water partition coefficient (Wildman–Crippen LogP) is 5.68. The van der Waals surface area contributed by atoms with E-state index >= 15 is 0 Å². The number of pyridine rings is 1. The van der Waals surface area contributed by atoms with Gasteiger partial charge < -0.3 is 16.0 Å². The molecule has 1 aromatic heterocycles. The van der Waals surface area contributed by atoms with Gasteiger partial charge in [0.05, 0.1) is 5.69 Å². The molecule has 3 N–H and O–H groups in total. The minimum atomic E-state index is 0.761. The fourth-order valence-corrected chi connectivity index (χ4v) is 3.76. The fourth-order valence-electron chi connectivity index (χ4n) is 3.76. The van der Waals surface area contributed by atoms with Crippen LogP contribution in [-0.4, -0.2) is 18.1 Å². The number of hydrogen-bond acceptors (Lipinski definition) is 4. The van der Waals surface area contributed by atoms with Gasteiger partial charge in [-0.2, -0.15) is 0 Å². The maximum Gasteiger partial charge on any atom is 0.0744 e. The minimum absolute atomic E-state index is 0.761. The number of nitrogens with one attached hydrogen (secondary N) is 1. The highest BCUT2D eigenvalue weighted by atomic mass is 15.1. The minimum Gasteiger partial charge on any atom is -0.398 e. The monoisotopic (exact) mass is 372 g/mol. The van der Waals surface area contributed by atoms with Crippen LogP contribution in [0.25, 0.3) is 11.3 Å². The normalized spacial score (nSPS) is 14.1. The molecule has 0 amide bonds. The summed E-state index contributed by atoms with van der Waals surface area (Å²) >= 11 is 0. The SMILES string of the molecule is Cc1ccc(Nc2ccnc(-c3cc(N4CCCCC4)ccc3N)c2)cc1C. The maximum atomic E-state index is 6.31. The van der Waals surface area contributed by atoms with Crippen molar-refractivity contribution in [1.29, 1.82) is 0 Å². The molecule has 0 saturated carbocycles. The van der Waals surface area contributed by atoms with E-state index in [4.69, 9.17) is 5.73 Å². The Kier molecular flexibility index (Phi) is 5.20. The maximum absolute atomic E-state index is 6.31. The summed E-state index contributed by atoms with van der Waals surface area (Å²) in [6, 6.07) is 16.8. The highest BCUT2D eigenvalue weighted by Gasteiger charge is 2.14. The van der Waals surface area contributed by atoms with Gasteiger partial charge in [0.2, 0.25) is 0 Å². The van der Waals surface area contributed by atoms with Crippen molar-refractivity contribution in [3.63, 3.8) is 0 Å². The first-order valence-electron chi connectivity index (χ1n) is 10.1. The average Bonchev–Trinajstić information content (AvgIpc) is 2.72. The molecule has 1 aliphatic rings. The van der Waals surface area contributed by atoms with Crippen molar-refractivity contribution in [2.45, 2.75) is 33.1 Å². The first-order valence-corrected chi connectivity index (χ1v) is 10.1. The summed E-state index contributed by atoms with van der Waals surface area (Å²) in [5, 5.41) is 3.49. The zero-order valence-electron chi connectivity index (χ0n) is 16.7. The van der Waals surface area contributed by atoms with Crippen LogP contribution in [-0.2, 0) is 0 Å². The van der Waals surface area contributed by atoms with Gasteiger partial charge in [0, 0.05) is 47.6 Å². The van der Waals surface area contributed by atoms with Crippen LogP contribution >= 0.6 is 0 Å². The van der Waals surface area contributed by atoms with Crippen molar-refractivity contribution in [2.75, 3.05) is 29.0 Å². The summed E-state index contributed by atoms with van der Waals surface area (Å²) in [7, 11) is 0. The summed E-state index contributed by atoms with van der Waals surface area (Å²) in [4.78, 5) is 7.04. The number of aromatic nitrogens is 1. The van der Waals surface area contributed by atoms with Gasteiger partial charge in [-0.3, -0.25) is 4.98 Å². The second-order valence-corrected chi connectivity index (χ2v) is 7.67. The molecule has 144 valence electrons. The van der Waals surface area contributed by atoms with Crippen LogP contribution in [0.1, 0.15) is 30.4 Å². The molecule has 1 saturated heterocycles. The Morgan fingerprint density at radius 1 is 0.857 bits per heavy atom. The van der Waals surface area contributed by atoms with Crippen molar-refractivity contribution in [1.82, 2.24) is 4.98 Å². The molecule has 28 heavy (non-hydrogen) atoms. The number of hydrogen-bond donors (Lipinski definition) is 2. The van der Waals surface area contributed by atoms with Gasteiger partial charge in [0.25, 0.3) is 0 Å². The second kappa shape index (κ2) is 7.93. The molecule has 2 aromatic carbocycles. The van der Waals surface area contributed by atoms with E-state index in [0.29, 0.717) is 0 Å². The molecule has 4 heteroatoms. The fraction of sp³-hybridized carbons (Fsp3) is 0.292. The van der Waals surface area contributed by atoms with Gasteiger partial charge >= 0.3 is 0 Å². The summed E-state index contributed by atoms with van der Waals surface area (Å²) in [6.07, 6.45) is 5.68. The van der Waals surface area contributed by atoms with E-state index in [1.807, 2.05) is 18.3 Å². The standard InChI is InChI=1S/C24H28N4/c1-17-6-7-19(14-18(17)2)27-20-10-11-26-24(15-20)22-16-21(8-9-23(22)25)28-12-4-3-5-13-28/h6-11,14-16H,3-5,12-13,25H2,1-2H3,(H,26,27). The van der Waals surface area contributed by atoms with Crippen LogP contribution in [0.5, 0.6) is 0 Å². The molecule has 0 atom stereocenters. The molecule has 0 spiro atoms. The van der Waals surface area contributed by atoms with Crippen molar-refractivity contribution >= 4 is 22.7 Å².